The summed E-state index contributed by atoms with van der Waals surface area (Å²) in [5.74, 6) is 0. The van der Waals surface area contributed by atoms with Crippen LogP contribution in [0.4, 0.5) is 13.2 Å². The smallest absolute Gasteiger partial charge is 0.388 e. The Morgan fingerprint density at radius 2 is 2.11 bits per heavy atom. The van der Waals surface area contributed by atoms with Crippen LogP contribution in [-0.4, -0.2) is 10.1 Å². The minimum absolute atomic E-state index is 0.159. The minimum atomic E-state index is -4.48. The van der Waals surface area contributed by atoms with E-state index in [4.69, 9.17) is 0 Å². The van der Waals surface area contributed by atoms with Crippen molar-refractivity contribution in [3.8, 4) is 0 Å². The van der Waals surface area contributed by atoms with Gasteiger partial charge in [-0.2, -0.15) is 13.2 Å². The first-order valence-electron chi connectivity index (χ1n) is 5.20. The van der Waals surface area contributed by atoms with Gasteiger partial charge in [0.05, 0.1) is 11.7 Å². The third kappa shape index (κ3) is 2.88. The Morgan fingerprint density at radius 3 is 2.72 bits per heavy atom. The Labute approximate surface area is 106 Å². The number of alkyl halides is 3. The zero-order valence-corrected chi connectivity index (χ0v) is 10.0. The molecule has 0 amide bonds. The van der Waals surface area contributed by atoms with Crippen LogP contribution in [0.15, 0.2) is 36.0 Å². The molecule has 2 aromatic rings. The number of aromatic nitrogens is 1. The summed E-state index contributed by atoms with van der Waals surface area (Å²) in [7, 11) is 0. The lowest BCUT2D eigenvalue weighted by Crippen LogP contribution is -2.13. The van der Waals surface area contributed by atoms with E-state index in [1.165, 1.54) is 11.3 Å². The first-order valence-corrected chi connectivity index (χ1v) is 6.08. The normalized spacial score (nSPS) is 13.6. The quantitative estimate of drug-likeness (QED) is 0.929. The van der Waals surface area contributed by atoms with Crippen molar-refractivity contribution in [3.05, 3.63) is 52.0 Å². The highest BCUT2D eigenvalue weighted by Crippen LogP contribution is 2.35. The maximum atomic E-state index is 12.8. The molecule has 0 aliphatic carbocycles. The molecule has 0 bridgehead atoms. The van der Waals surface area contributed by atoms with E-state index in [2.05, 4.69) is 4.98 Å². The first kappa shape index (κ1) is 13.0. The molecular weight excluding hydrogens is 263 g/mol. The molecule has 0 aromatic carbocycles. The zero-order chi connectivity index (χ0) is 13.2. The summed E-state index contributed by atoms with van der Waals surface area (Å²) in [5, 5.41) is 11.7. The second-order valence-electron chi connectivity index (χ2n) is 3.76. The van der Waals surface area contributed by atoms with Crippen molar-refractivity contribution in [1.82, 2.24) is 4.98 Å². The maximum Gasteiger partial charge on any atom is 0.416 e. The molecule has 0 fully saturated rings. The second-order valence-corrected chi connectivity index (χ2v) is 4.79. The van der Waals surface area contributed by atoms with Crippen molar-refractivity contribution in [2.75, 3.05) is 0 Å². The first-order chi connectivity index (χ1) is 8.48. The molecule has 1 atom stereocenters. The van der Waals surface area contributed by atoms with E-state index in [1.54, 1.807) is 12.1 Å². The van der Waals surface area contributed by atoms with E-state index in [0.717, 1.165) is 23.3 Å². The number of aliphatic hydroxyl groups is 1. The van der Waals surface area contributed by atoms with Gasteiger partial charge >= 0.3 is 6.18 Å². The SMILES string of the molecule is OC(Cc1cccs1)c1cnccc1C(F)(F)F. The predicted molar refractivity (Wildman–Crippen MR) is 62.2 cm³/mol. The Bertz CT molecular complexity index is 510. The average molecular weight is 273 g/mol. The summed E-state index contributed by atoms with van der Waals surface area (Å²) in [4.78, 5) is 4.49. The van der Waals surface area contributed by atoms with Crippen molar-refractivity contribution in [3.63, 3.8) is 0 Å². The van der Waals surface area contributed by atoms with Crippen LogP contribution in [0.1, 0.15) is 22.1 Å². The number of hydrogen-bond acceptors (Lipinski definition) is 3. The summed E-state index contributed by atoms with van der Waals surface area (Å²) in [6.07, 6.45) is -3.37. The number of rotatable bonds is 3. The molecule has 2 rings (SSSR count). The van der Waals surface area contributed by atoms with Gasteiger partial charge in [0.25, 0.3) is 0 Å². The summed E-state index contributed by atoms with van der Waals surface area (Å²) in [5.41, 5.74) is -1.01. The van der Waals surface area contributed by atoms with Crippen LogP contribution in [0.25, 0.3) is 0 Å². The van der Waals surface area contributed by atoms with Crippen LogP contribution < -0.4 is 0 Å². The molecule has 18 heavy (non-hydrogen) atoms. The van der Waals surface area contributed by atoms with E-state index < -0.39 is 17.8 Å². The Kier molecular flexibility index (Phi) is 3.68. The highest BCUT2D eigenvalue weighted by Gasteiger charge is 2.35. The fraction of sp³-hybridized carbons (Fsp3) is 0.250. The van der Waals surface area contributed by atoms with E-state index in [1.807, 2.05) is 5.38 Å². The van der Waals surface area contributed by atoms with Crippen LogP contribution in [0, 0.1) is 0 Å². The zero-order valence-electron chi connectivity index (χ0n) is 9.19. The number of pyridine rings is 1. The van der Waals surface area contributed by atoms with Crippen molar-refractivity contribution in [2.45, 2.75) is 18.7 Å². The lowest BCUT2D eigenvalue weighted by atomic mass is 10.0. The molecule has 2 heterocycles. The predicted octanol–water partition coefficient (Wildman–Crippen LogP) is 3.44. The summed E-state index contributed by atoms with van der Waals surface area (Å²) in [6, 6.07) is 4.45. The molecule has 0 saturated heterocycles. The van der Waals surface area contributed by atoms with Crippen molar-refractivity contribution in [1.29, 1.82) is 0 Å². The van der Waals surface area contributed by atoms with Gasteiger partial charge in [0, 0.05) is 29.3 Å². The van der Waals surface area contributed by atoms with Crippen LogP contribution in [0.2, 0.25) is 0 Å². The Balaban J connectivity index is 2.27. The molecule has 0 saturated carbocycles. The molecule has 1 N–H and O–H groups in total. The second kappa shape index (κ2) is 5.07. The Morgan fingerprint density at radius 1 is 1.33 bits per heavy atom. The van der Waals surface area contributed by atoms with Crippen LogP contribution in [0.3, 0.4) is 0 Å². The largest absolute Gasteiger partial charge is 0.416 e. The molecule has 6 heteroatoms. The third-order valence-corrected chi connectivity index (χ3v) is 3.39. The van der Waals surface area contributed by atoms with Crippen LogP contribution >= 0.6 is 11.3 Å². The molecule has 0 radical (unpaired) electrons. The van der Waals surface area contributed by atoms with Gasteiger partial charge in [-0.05, 0) is 17.5 Å². The van der Waals surface area contributed by atoms with Gasteiger partial charge in [0.2, 0.25) is 0 Å². The molecule has 96 valence electrons. The lowest BCUT2D eigenvalue weighted by molar-refractivity contribution is -0.139. The van der Waals surface area contributed by atoms with E-state index in [9.17, 15) is 18.3 Å². The van der Waals surface area contributed by atoms with E-state index in [-0.39, 0.29) is 12.0 Å². The third-order valence-electron chi connectivity index (χ3n) is 2.49. The molecule has 1 unspecified atom stereocenters. The lowest BCUT2D eigenvalue weighted by Gasteiger charge is -2.16. The van der Waals surface area contributed by atoms with Gasteiger partial charge < -0.3 is 5.11 Å². The molecule has 2 nitrogen and oxygen atoms in total. The summed E-state index contributed by atoms with van der Waals surface area (Å²) >= 11 is 1.40. The molecule has 0 spiro atoms. The standard InChI is InChI=1S/C12H10F3NOS/c13-12(14,15)10-3-4-16-7-9(10)11(17)6-8-2-1-5-18-8/h1-5,7,11,17H,6H2. The number of thiophene rings is 1. The van der Waals surface area contributed by atoms with Crippen molar-refractivity contribution < 1.29 is 18.3 Å². The number of hydrogen-bond donors (Lipinski definition) is 1. The monoisotopic (exact) mass is 273 g/mol. The molecule has 0 aliphatic heterocycles. The topological polar surface area (TPSA) is 33.1 Å². The van der Waals surface area contributed by atoms with Gasteiger partial charge in [-0.1, -0.05) is 6.07 Å². The molecular formula is C12H10F3NOS. The highest BCUT2D eigenvalue weighted by atomic mass is 32.1. The van der Waals surface area contributed by atoms with Gasteiger partial charge in [0.1, 0.15) is 0 Å². The average Bonchev–Trinajstić information content (AvgIpc) is 2.80. The van der Waals surface area contributed by atoms with Crippen LogP contribution in [0.5, 0.6) is 0 Å². The minimum Gasteiger partial charge on any atom is -0.388 e. The van der Waals surface area contributed by atoms with Gasteiger partial charge in [-0.25, -0.2) is 0 Å². The maximum absolute atomic E-state index is 12.8. The van der Waals surface area contributed by atoms with Gasteiger partial charge in [0.15, 0.2) is 0 Å². The fourth-order valence-corrected chi connectivity index (χ4v) is 2.40. The van der Waals surface area contributed by atoms with Crippen LogP contribution in [-0.2, 0) is 12.6 Å². The highest BCUT2D eigenvalue weighted by molar-refractivity contribution is 7.09. The summed E-state index contributed by atoms with van der Waals surface area (Å²) < 4.78 is 38.3. The number of halogens is 3. The fourth-order valence-electron chi connectivity index (χ4n) is 1.66. The van der Waals surface area contributed by atoms with Gasteiger partial charge in [-0.3, -0.25) is 4.98 Å². The number of nitrogens with zero attached hydrogens (tertiary/aromatic N) is 1. The van der Waals surface area contributed by atoms with Gasteiger partial charge in [-0.15, -0.1) is 11.3 Å². The number of aliphatic hydroxyl groups excluding tert-OH is 1. The van der Waals surface area contributed by atoms with E-state index in [0.29, 0.717) is 0 Å². The molecule has 0 aliphatic rings. The van der Waals surface area contributed by atoms with Crippen molar-refractivity contribution >= 4 is 11.3 Å². The van der Waals surface area contributed by atoms with E-state index >= 15 is 0 Å². The summed E-state index contributed by atoms with van der Waals surface area (Å²) in [6.45, 7) is 0. The Hall–Kier alpha value is -1.40. The van der Waals surface area contributed by atoms with Crippen molar-refractivity contribution in [2.24, 2.45) is 0 Å². The molecule has 2 aromatic heterocycles.